The molecule has 3 saturated carbocycles. The Bertz CT molecular complexity index is 1920. The molecule has 5 saturated heterocycles. The Hall–Kier alpha value is -1.18. The summed E-state index contributed by atoms with van der Waals surface area (Å²) in [4.78, 5) is 0. The van der Waals surface area contributed by atoms with Gasteiger partial charge in [0.1, 0.15) is 91.6 Å². The van der Waals surface area contributed by atoms with Crippen LogP contribution in [0.25, 0.3) is 0 Å². The molecule has 9 aliphatic rings. The van der Waals surface area contributed by atoms with E-state index in [2.05, 4.69) is 26.8 Å². The fourth-order valence-corrected chi connectivity index (χ4v) is 15.0. The van der Waals surface area contributed by atoms with Crippen molar-refractivity contribution in [1.82, 2.24) is 0 Å². The normalized spacial score (nSPS) is 54.9. The fourth-order valence-electron chi connectivity index (χ4n) is 15.0. The molecule has 31 atom stereocenters. The summed E-state index contributed by atoms with van der Waals surface area (Å²) >= 11 is 0. The van der Waals surface area contributed by atoms with Crippen LogP contribution in [-0.2, 0) is 42.6 Å². The molecule has 23 heteroatoms. The first-order valence-electron chi connectivity index (χ1n) is 26.9. The van der Waals surface area contributed by atoms with Crippen LogP contribution in [0.3, 0.4) is 0 Å². The molecule has 0 aromatic heterocycles. The van der Waals surface area contributed by atoms with E-state index in [0.29, 0.717) is 43.4 Å². The second-order valence-electron chi connectivity index (χ2n) is 23.8. The van der Waals surface area contributed by atoms with Crippen LogP contribution in [0.2, 0.25) is 0 Å². The molecule has 0 spiro atoms. The topological polar surface area (TPSA) is 366 Å². The van der Waals surface area contributed by atoms with Crippen molar-refractivity contribution in [1.29, 1.82) is 0 Å². The quantitative estimate of drug-likeness (QED) is 0.0727. The van der Waals surface area contributed by atoms with E-state index in [9.17, 15) is 71.5 Å². The number of hydrogen-bond acceptors (Lipinski definition) is 23. The lowest BCUT2D eigenvalue weighted by molar-refractivity contribution is -0.394. The average Bonchev–Trinajstić information content (AvgIpc) is 3.82. The number of aliphatic hydroxyl groups excluding tert-OH is 13. The van der Waals surface area contributed by atoms with Gasteiger partial charge in [0.15, 0.2) is 30.9 Å². The first kappa shape index (κ1) is 57.5. The summed E-state index contributed by atoms with van der Waals surface area (Å²) in [5.74, 6) is -0.351. The molecular weight excluding hydrogens is 981 g/mol. The molecule has 5 aliphatic heterocycles. The summed E-state index contributed by atoms with van der Waals surface area (Å²) in [6, 6.07) is 0. The Morgan fingerprint density at radius 2 is 1.20 bits per heavy atom. The minimum Gasteiger partial charge on any atom is -0.394 e. The number of hydrogen-bond donors (Lipinski definition) is 14. The molecule has 9 rings (SSSR count). The first-order valence-corrected chi connectivity index (χ1v) is 26.9. The molecule has 426 valence electrons. The molecule has 74 heavy (non-hydrogen) atoms. The van der Waals surface area contributed by atoms with Crippen molar-refractivity contribution in [2.24, 2.45) is 46.3 Å². The van der Waals surface area contributed by atoms with Gasteiger partial charge >= 0.3 is 0 Å². The summed E-state index contributed by atoms with van der Waals surface area (Å²) in [6.45, 7) is 8.33. The van der Waals surface area contributed by atoms with Crippen LogP contribution < -0.4 is 0 Å². The van der Waals surface area contributed by atoms with Gasteiger partial charge in [-0.2, -0.15) is 0 Å². The monoisotopic (exact) mass is 1060 g/mol. The van der Waals surface area contributed by atoms with Gasteiger partial charge in [-0.1, -0.05) is 39.3 Å². The standard InChI is InChI=1S/C51H84O23/c1-20(19-66-45-40(62)38(60)34(56)29(16-52)69-45)8-13-51(65)21(2)32-28(74-51)15-27-25-7-6-23-14-24(9-11-49(23,4)26(25)10-12-50(27,32)5)68-48-44(73-46-41(63)37(59)33(55)22(3)67-46)43(36(58)31(18-54)71-48)72-47-42(64)39(61)35(57)30(17-53)70-47/h6,20-22,24-48,52-65H,7-19H2,1-5H3/t20?,21-,22-,24-,25+,26-,27-,28-,29+,30+,31+,32-,33-,34+,35+,36+,37+,38-,39-,40+,41+,42+,43-,44+,45+,46-,47-,48+,49-,50-,51?/m0/s1. The third-order valence-corrected chi connectivity index (χ3v) is 19.5. The van der Waals surface area contributed by atoms with E-state index >= 15 is 0 Å². The average molecular weight is 1070 g/mol. The van der Waals surface area contributed by atoms with Gasteiger partial charge < -0.3 is 114 Å². The van der Waals surface area contributed by atoms with Gasteiger partial charge in [0.05, 0.1) is 44.7 Å². The van der Waals surface area contributed by atoms with E-state index in [4.69, 9.17) is 42.6 Å². The molecule has 0 radical (unpaired) electrons. The van der Waals surface area contributed by atoms with Crippen LogP contribution in [0, 0.1) is 46.3 Å². The summed E-state index contributed by atoms with van der Waals surface area (Å²) in [7, 11) is 0. The minimum absolute atomic E-state index is 0.0769. The van der Waals surface area contributed by atoms with E-state index in [1.165, 1.54) is 12.5 Å². The van der Waals surface area contributed by atoms with Crippen LogP contribution in [0.1, 0.15) is 92.4 Å². The van der Waals surface area contributed by atoms with Crippen LogP contribution in [0.4, 0.5) is 0 Å². The summed E-state index contributed by atoms with van der Waals surface area (Å²) < 4.78 is 54.7. The maximum atomic E-state index is 12.1. The Kier molecular flexibility index (Phi) is 17.4. The molecule has 0 bridgehead atoms. The van der Waals surface area contributed by atoms with Crippen molar-refractivity contribution in [2.75, 3.05) is 26.4 Å². The van der Waals surface area contributed by atoms with Gasteiger partial charge in [0.2, 0.25) is 0 Å². The van der Waals surface area contributed by atoms with Crippen molar-refractivity contribution >= 4 is 0 Å². The lowest BCUT2D eigenvalue weighted by Gasteiger charge is -2.58. The predicted octanol–water partition coefficient (Wildman–Crippen LogP) is -3.01. The van der Waals surface area contributed by atoms with Gasteiger partial charge in [-0.25, -0.2) is 0 Å². The smallest absolute Gasteiger partial charge is 0.187 e. The molecule has 2 unspecified atom stereocenters. The predicted molar refractivity (Wildman–Crippen MR) is 250 cm³/mol. The Morgan fingerprint density at radius 3 is 1.85 bits per heavy atom. The number of aliphatic hydroxyl groups is 14. The Labute approximate surface area is 430 Å². The van der Waals surface area contributed by atoms with Crippen LogP contribution in [0.15, 0.2) is 11.6 Å². The molecule has 5 heterocycles. The number of ether oxygens (including phenoxy) is 9. The molecular formula is C51H84O23. The van der Waals surface area contributed by atoms with Crippen LogP contribution in [-0.4, -0.2) is 239 Å². The fraction of sp³-hybridized carbons (Fsp3) is 0.961. The highest BCUT2D eigenvalue weighted by Crippen LogP contribution is 2.70. The van der Waals surface area contributed by atoms with Crippen LogP contribution in [0.5, 0.6) is 0 Å². The number of allylic oxidation sites excluding steroid dienone is 1. The van der Waals surface area contributed by atoms with Crippen molar-refractivity contribution in [3.63, 3.8) is 0 Å². The molecule has 4 aliphatic carbocycles. The van der Waals surface area contributed by atoms with Crippen molar-refractivity contribution in [3.05, 3.63) is 11.6 Å². The number of rotatable bonds is 15. The summed E-state index contributed by atoms with van der Waals surface area (Å²) in [5, 5.41) is 149. The van der Waals surface area contributed by atoms with Gasteiger partial charge in [0.25, 0.3) is 0 Å². The highest BCUT2D eigenvalue weighted by atomic mass is 16.8. The molecule has 0 aromatic rings. The van der Waals surface area contributed by atoms with Gasteiger partial charge in [-0.15, -0.1) is 0 Å². The van der Waals surface area contributed by atoms with Crippen molar-refractivity contribution in [3.8, 4) is 0 Å². The second-order valence-corrected chi connectivity index (χ2v) is 23.8. The molecule has 8 fully saturated rings. The van der Waals surface area contributed by atoms with Crippen molar-refractivity contribution < 1.29 is 114 Å². The Morgan fingerprint density at radius 1 is 0.635 bits per heavy atom. The maximum absolute atomic E-state index is 12.1. The second kappa shape index (κ2) is 22.4. The highest BCUT2D eigenvalue weighted by Gasteiger charge is 2.68. The lowest BCUT2D eigenvalue weighted by atomic mass is 9.47. The zero-order valence-electron chi connectivity index (χ0n) is 42.9. The van der Waals surface area contributed by atoms with E-state index in [1.807, 2.05) is 6.92 Å². The third kappa shape index (κ3) is 10.2. The van der Waals surface area contributed by atoms with Crippen molar-refractivity contribution in [2.45, 2.75) is 233 Å². The largest absolute Gasteiger partial charge is 0.394 e. The van der Waals surface area contributed by atoms with Crippen LogP contribution >= 0.6 is 0 Å². The Balaban J connectivity index is 0.864. The summed E-state index contributed by atoms with van der Waals surface area (Å²) in [5.41, 5.74) is 0.989. The van der Waals surface area contributed by atoms with E-state index in [-0.39, 0.29) is 41.3 Å². The SMILES string of the molecule is CC(CCC1(O)O[C@H]2C[C@H]3[C@@H]4CC=C5C[C@@H](O[C@@H]6O[C@H](CO)[C@@H](O)[C@H](O[C@@H]7O[C@H](CO)[C@@H](O)[C@H](O)[C@H]7O)[C@H]6O[C@@H]6O[C@@H](C)[C@H](O)[C@@H](O)[C@H]6O)CC[C@]5(C)[C@H]4CC[C@]3(C)[C@H]2[C@@H]1C)CO[C@@H]1O[C@H](CO)[C@@H](O)[C@H](O)[C@H]1O. The summed E-state index contributed by atoms with van der Waals surface area (Å²) in [6.07, 6.45) is -22.5. The van der Waals surface area contributed by atoms with Gasteiger partial charge in [0, 0.05) is 12.3 Å². The molecule has 23 nitrogen and oxygen atoms in total. The van der Waals surface area contributed by atoms with Gasteiger partial charge in [-0.3, -0.25) is 0 Å². The van der Waals surface area contributed by atoms with E-state index in [1.54, 1.807) is 0 Å². The van der Waals surface area contributed by atoms with E-state index in [0.717, 1.165) is 32.1 Å². The molecule has 14 N–H and O–H groups in total. The first-order chi connectivity index (χ1) is 35.0. The third-order valence-electron chi connectivity index (χ3n) is 19.5. The number of fused-ring (bicyclic) bond motifs is 7. The zero-order valence-corrected chi connectivity index (χ0v) is 42.9. The highest BCUT2D eigenvalue weighted by molar-refractivity contribution is 5.26. The molecule has 0 amide bonds. The minimum atomic E-state index is -1.88. The zero-order chi connectivity index (χ0) is 53.5. The van der Waals surface area contributed by atoms with Gasteiger partial charge in [-0.05, 0) is 98.7 Å². The lowest BCUT2D eigenvalue weighted by Crippen LogP contribution is -2.67. The van der Waals surface area contributed by atoms with E-state index < -0.39 is 155 Å². The maximum Gasteiger partial charge on any atom is 0.187 e. The molecule has 0 aromatic carbocycles.